The molecule has 0 fully saturated rings. The van der Waals surface area contributed by atoms with E-state index in [1.54, 1.807) is 0 Å². The molecule has 0 saturated carbocycles. The number of carbonyl (C=O) groups excluding carboxylic acids is 1. The zero-order valence-electron chi connectivity index (χ0n) is 11.9. The summed E-state index contributed by atoms with van der Waals surface area (Å²) in [6, 6.07) is 17.5. The van der Waals surface area contributed by atoms with Crippen LogP contribution in [0.4, 0.5) is 0 Å². The molecule has 0 aliphatic heterocycles. The van der Waals surface area contributed by atoms with Gasteiger partial charge in [-0.25, -0.2) is 0 Å². The molecule has 0 aromatic heterocycles. The Kier molecular flexibility index (Phi) is 6.15. The molecule has 0 bridgehead atoms. The Hall–Kier alpha value is -1.45. The number of hydrogen-bond donors (Lipinski definition) is 1. The van der Waals surface area contributed by atoms with Crippen LogP contribution in [0, 0.1) is 0 Å². The number of thioether (sulfide) groups is 1. The molecule has 1 amide bonds. The first-order valence-corrected chi connectivity index (χ1v) is 8.19. The highest BCUT2D eigenvalue weighted by molar-refractivity contribution is 8.00. The highest BCUT2D eigenvalue weighted by Crippen LogP contribution is 2.31. The average Bonchev–Trinajstić information content (AvgIpc) is 2.53. The molecule has 2 aromatic carbocycles. The number of nitrogens with one attached hydrogen (secondary N) is 1. The molecule has 1 unspecified atom stereocenters. The molecular formula is C17H18ClNOS. The van der Waals surface area contributed by atoms with Crippen LogP contribution in [-0.4, -0.2) is 11.2 Å². The predicted octanol–water partition coefficient (Wildman–Crippen LogP) is 4.53. The van der Waals surface area contributed by atoms with Gasteiger partial charge in [0.05, 0.1) is 10.3 Å². The van der Waals surface area contributed by atoms with Crippen molar-refractivity contribution in [3.05, 3.63) is 65.2 Å². The standard InChI is InChI=1S/C17H18ClNOS/c1-2-15(21-16-11-7-6-10-14(16)18)17(20)19-12-13-8-4-3-5-9-13/h3-11,15H,2,12H2,1H3,(H,19,20). The molecule has 0 heterocycles. The van der Waals surface area contributed by atoms with E-state index in [-0.39, 0.29) is 11.2 Å². The van der Waals surface area contributed by atoms with E-state index in [0.29, 0.717) is 11.6 Å². The van der Waals surface area contributed by atoms with E-state index in [4.69, 9.17) is 11.6 Å². The quantitative estimate of drug-likeness (QED) is 0.793. The number of carbonyl (C=O) groups is 1. The number of hydrogen-bond acceptors (Lipinski definition) is 2. The fourth-order valence-electron chi connectivity index (χ4n) is 1.91. The minimum atomic E-state index is -0.131. The molecular weight excluding hydrogens is 302 g/mol. The summed E-state index contributed by atoms with van der Waals surface area (Å²) < 4.78 is 0. The highest BCUT2D eigenvalue weighted by atomic mass is 35.5. The highest BCUT2D eigenvalue weighted by Gasteiger charge is 2.18. The zero-order chi connectivity index (χ0) is 15.1. The third kappa shape index (κ3) is 4.80. The van der Waals surface area contributed by atoms with Crippen molar-refractivity contribution >= 4 is 29.3 Å². The van der Waals surface area contributed by atoms with Gasteiger partial charge in [0.1, 0.15) is 0 Å². The van der Waals surface area contributed by atoms with Crippen molar-refractivity contribution in [1.82, 2.24) is 5.32 Å². The molecule has 4 heteroatoms. The second-order valence-electron chi connectivity index (χ2n) is 4.65. The number of benzene rings is 2. The van der Waals surface area contributed by atoms with Crippen LogP contribution < -0.4 is 5.32 Å². The van der Waals surface area contributed by atoms with Crippen LogP contribution in [0.3, 0.4) is 0 Å². The van der Waals surface area contributed by atoms with Crippen molar-refractivity contribution < 1.29 is 4.79 Å². The first-order chi connectivity index (χ1) is 10.2. The van der Waals surface area contributed by atoms with E-state index in [2.05, 4.69) is 5.32 Å². The zero-order valence-corrected chi connectivity index (χ0v) is 13.5. The van der Waals surface area contributed by atoms with Crippen molar-refractivity contribution in [2.24, 2.45) is 0 Å². The third-order valence-corrected chi connectivity index (χ3v) is 4.96. The van der Waals surface area contributed by atoms with Gasteiger partial charge in [0, 0.05) is 11.4 Å². The Bertz CT molecular complexity index is 588. The second-order valence-corrected chi connectivity index (χ2v) is 6.30. The van der Waals surface area contributed by atoms with Crippen molar-refractivity contribution in [3.63, 3.8) is 0 Å². The number of rotatable bonds is 6. The smallest absolute Gasteiger partial charge is 0.233 e. The summed E-state index contributed by atoms with van der Waals surface area (Å²) in [4.78, 5) is 13.2. The summed E-state index contributed by atoms with van der Waals surface area (Å²) in [5.41, 5.74) is 1.10. The molecule has 0 radical (unpaired) electrons. The molecule has 2 rings (SSSR count). The van der Waals surface area contributed by atoms with E-state index in [0.717, 1.165) is 16.9 Å². The molecule has 1 N–H and O–H groups in total. The van der Waals surface area contributed by atoms with Gasteiger partial charge in [0.15, 0.2) is 0 Å². The Labute approximate surface area is 134 Å². The topological polar surface area (TPSA) is 29.1 Å². The van der Waals surface area contributed by atoms with E-state index >= 15 is 0 Å². The van der Waals surface area contributed by atoms with Gasteiger partial charge < -0.3 is 5.32 Å². The fourth-order valence-corrected chi connectivity index (χ4v) is 3.19. The van der Waals surface area contributed by atoms with E-state index in [1.807, 2.05) is 61.5 Å². The van der Waals surface area contributed by atoms with Crippen molar-refractivity contribution in [2.45, 2.75) is 30.0 Å². The van der Waals surface area contributed by atoms with Gasteiger partial charge in [-0.15, -0.1) is 11.8 Å². The summed E-state index contributed by atoms with van der Waals surface area (Å²) >= 11 is 7.66. The normalized spacial score (nSPS) is 11.9. The second kappa shape index (κ2) is 8.11. The average molecular weight is 320 g/mol. The minimum Gasteiger partial charge on any atom is -0.351 e. The lowest BCUT2D eigenvalue weighted by atomic mass is 10.2. The van der Waals surface area contributed by atoms with Gasteiger partial charge in [-0.2, -0.15) is 0 Å². The van der Waals surface area contributed by atoms with Gasteiger partial charge in [-0.1, -0.05) is 61.0 Å². The molecule has 0 spiro atoms. The maximum atomic E-state index is 12.3. The predicted molar refractivity (Wildman–Crippen MR) is 89.7 cm³/mol. The lowest BCUT2D eigenvalue weighted by Gasteiger charge is -2.15. The van der Waals surface area contributed by atoms with Crippen LogP contribution in [0.25, 0.3) is 0 Å². The molecule has 2 aromatic rings. The van der Waals surface area contributed by atoms with E-state index < -0.39 is 0 Å². The first-order valence-electron chi connectivity index (χ1n) is 6.93. The molecule has 0 aliphatic rings. The van der Waals surface area contributed by atoms with Gasteiger partial charge in [0.2, 0.25) is 5.91 Å². The van der Waals surface area contributed by atoms with Gasteiger partial charge in [-0.05, 0) is 24.1 Å². The molecule has 21 heavy (non-hydrogen) atoms. The Balaban J connectivity index is 1.94. The first kappa shape index (κ1) is 15.9. The van der Waals surface area contributed by atoms with Crippen molar-refractivity contribution in [3.8, 4) is 0 Å². The Morgan fingerprint density at radius 1 is 1.14 bits per heavy atom. The molecule has 0 saturated heterocycles. The maximum Gasteiger partial charge on any atom is 0.233 e. The summed E-state index contributed by atoms with van der Waals surface area (Å²) in [7, 11) is 0. The van der Waals surface area contributed by atoms with Crippen LogP contribution in [0.2, 0.25) is 5.02 Å². The summed E-state index contributed by atoms with van der Waals surface area (Å²) in [6.07, 6.45) is 0.760. The van der Waals surface area contributed by atoms with Crippen molar-refractivity contribution in [1.29, 1.82) is 0 Å². The van der Waals surface area contributed by atoms with Crippen LogP contribution >= 0.6 is 23.4 Å². The van der Waals surface area contributed by atoms with Gasteiger partial charge >= 0.3 is 0 Å². The van der Waals surface area contributed by atoms with Crippen LogP contribution in [-0.2, 0) is 11.3 Å². The lowest BCUT2D eigenvalue weighted by molar-refractivity contribution is -0.120. The van der Waals surface area contributed by atoms with Gasteiger partial charge in [0.25, 0.3) is 0 Å². The lowest BCUT2D eigenvalue weighted by Crippen LogP contribution is -2.31. The SMILES string of the molecule is CCC(Sc1ccccc1Cl)C(=O)NCc1ccccc1. The minimum absolute atomic E-state index is 0.0475. The third-order valence-electron chi connectivity index (χ3n) is 3.08. The monoisotopic (exact) mass is 319 g/mol. The largest absolute Gasteiger partial charge is 0.351 e. The van der Waals surface area contributed by atoms with Crippen LogP contribution in [0.1, 0.15) is 18.9 Å². The Morgan fingerprint density at radius 3 is 2.48 bits per heavy atom. The molecule has 1 atom stereocenters. The molecule has 2 nitrogen and oxygen atoms in total. The van der Waals surface area contributed by atoms with Crippen LogP contribution in [0.15, 0.2) is 59.5 Å². The molecule has 110 valence electrons. The number of halogens is 1. The summed E-state index contributed by atoms with van der Waals surface area (Å²) in [6.45, 7) is 2.57. The van der Waals surface area contributed by atoms with Crippen LogP contribution in [0.5, 0.6) is 0 Å². The maximum absolute atomic E-state index is 12.3. The molecule has 0 aliphatic carbocycles. The fraction of sp³-hybridized carbons (Fsp3) is 0.235. The van der Waals surface area contributed by atoms with E-state index in [9.17, 15) is 4.79 Å². The van der Waals surface area contributed by atoms with Gasteiger partial charge in [-0.3, -0.25) is 4.79 Å². The summed E-state index contributed by atoms with van der Waals surface area (Å²) in [5, 5.41) is 3.55. The van der Waals surface area contributed by atoms with Crippen molar-refractivity contribution in [2.75, 3.05) is 0 Å². The van der Waals surface area contributed by atoms with E-state index in [1.165, 1.54) is 11.8 Å². The summed E-state index contributed by atoms with van der Waals surface area (Å²) in [5.74, 6) is 0.0475. The Morgan fingerprint density at radius 2 is 1.81 bits per heavy atom. The number of amides is 1.